The highest BCUT2D eigenvalue weighted by Crippen LogP contribution is 2.12. The van der Waals surface area contributed by atoms with Gasteiger partial charge in [0.2, 0.25) is 17.7 Å². The Labute approximate surface area is 208 Å². The van der Waals surface area contributed by atoms with Crippen LogP contribution in [0.15, 0.2) is 24.3 Å². The fourth-order valence-electron chi connectivity index (χ4n) is 3.12. The van der Waals surface area contributed by atoms with Gasteiger partial charge in [0.1, 0.15) is 23.9 Å². The monoisotopic (exact) mass is 510 g/mol. The van der Waals surface area contributed by atoms with Crippen molar-refractivity contribution in [3.05, 3.63) is 29.8 Å². The van der Waals surface area contributed by atoms with Crippen LogP contribution < -0.4 is 21.7 Å². The number of aliphatic hydroxyl groups excluding tert-OH is 1. The zero-order chi connectivity index (χ0) is 27.4. The highest BCUT2D eigenvalue weighted by molar-refractivity contribution is 5.94. The van der Waals surface area contributed by atoms with Crippen LogP contribution >= 0.6 is 0 Å². The average molecular weight is 511 g/mol. The molecule has 0 aliphatic heterocycles. The molecule has 0 aromatic heterocycles. The molecule has 1 rings (SSSR count). The topological polar surface area (TPSA) is 228 Å². The predicted octanol–water partition coefficient (Wildman–Crippen LogP) is -1.30. The lowest BCUT2D eigenvalue weighted by atomic mass is 9.98. The van der Waals surface area contributed by atoms with Crippen molar-refractivity contribution in [3.63, 3.8) is 0 Å². The molecule has 200 valence electrons. The van der Waals surface area contributed by atoms with Gasteiger partial charge in [-0.15, -0.1) is 0 Å². The van der Waals surface area contributed by atoms with Gasteiger partial charge in [-0.3, -0.25) is 19.2 Å². The Hall–Kier alpha value is -3.71. The predicted molar refractivity (Wildman–Crippen MR) is 127 cm³/mol. The summed E-state index contributed by atoms with van der Waals surface area (Å²) in [5.41, 5.74) is 6.53. The summed E-state index contributed by atoms with van der Waals surface area (Å²) in [6.07, 6.45) is -0.357. The molecule has 0 saturated carbocycles. The quantitative estimate of drug-likeness (QED) is 0.139. The third-order valence-electron chi connectivity index (χ3n) is 5.65. The van der Waals surface area contributed by atoms with Crippen LogP contribution in [-0.4, -0.2) is 80.9 Å². The molecule has 13 nitrogen and oxygen atoms in total. The first-order valence-corrected chi connectivity index (χ1v) is 11.4. The van der Waals surface area contributed by atoms with E-state index in [1.54, 1.807) is 6.92 Å². The Morgan fingerprint density at radius 1 is 0.889 bits per heavy atom. The maximum Gasteiger partial charge on any atom is 0.326 e. The van der Waals surface area contributed by atoms with Crippen molar-refractivity contribution in [2.75, 3.05) is 6.61 Å². The second kappa shape index (κ2) is 14.6. The van der Waals surface area contributed by atoms with Gasteiger partial charge in [-0.2, -0.15) is 0 Å². The van der Waals surface area contributed by atoms with Crippen molar-refractivity contribution in [2.24, 2.45) is 11.7 Å². The van der Waals surface area contributed by atoms with E-state index in [0.717, 1.165) is 0 Å². The zero-order valence-electron chi connectivity index (χ0n) is 20.1. The summed E-state index contributed by atoms with van der Waals surface area (Å²) in [7, 11) is 0. The number of carboxylic acid groups (broad SMARTS) is 2. The average Bonchev–Trinajstić information content (AvgIpc) is 2.84. The molecule has 1 aromatic rings. The van der Waals surface area contributed by atoms with Gasteiger partial charge in [-0.05, 0) is 30.0 Å². The van der Waals surface area contributed by atoms with Crippen molar-refractivity contribution in [3.8, 4) is 5.75 Å². The normalized spacial score (nSPS) is 15.0. The summed E-state index contributed by atoms with van der Waals surface area (Å²) in [6.45, 7) is 2.73. The van der Waals surface area contributed by atoms with Crippen molar-refractivity contribution in [1.82, 2.24) is 16.0 Å². The first-order valence-electron chi connectivity index (χ1n) is 11.4. The number of aliphatic hydroxyl groups is 1. The molecule has 36 heavy (non-hydrogen) atoms. The standard InChI is InChI=1S/C23H34N4O9/c1-3-12(2)19(24)22(34)26-16(10-13-4-6-14(29)7-5-13)20(32)27-17(11-28)21(33)25-15(23(35)36)8-9-18(30)31/h4-7,12,15-17,19,28-29H,3,8-11,24H2,1-2H3,(H,25,33)(H,26,34)(H,27,32)(H,30,31)(H,35,36). The van der Waals surface area contributed by atoms with Crippen molar-refractivity contribution < 1.29 is 44.4 Å². The number of carbonyl (C=O) groups excluding carboxylic acids is 3. The highest BCUT2D eigenvalue weighted by Gasteiger charge is 2.31. The molecule has 1 aromatic carbocycles. The number of carbonyl (C=O) groups is 5. The molecule has 3 amide bonds. The molecule has 9 N–H and O–H groups in total. The van der Waals surface area contributed by atoms with Gasteiger partial charge in [0, 0.05) is 12.8 Å². The van der Waals surface area contributed by atoms with Crippen LogP contribution in [0.5, 0.6) is 5.75 Å². The molecule has 0 saturated heterocycles. The van der Waals surface area contributed by atoms with E-state index in [9.17, 15) is 39.3 Å². The third-order valence-corrected chi connectivity index (χ3v) is 5.65. The number of nitrogens with one attached hydrogen (secondary N) is 3. The first kappa shape index (κ1) is 30.3. The maximum atomic E-state index is 13.0. The molecule has 5 atom stereocenters. The lowest BCUT2D eigenvalue weighted by Gasteiger charge is -2.25. The van der Waals surface area contributed by atoms with Gasteiger partial charge in [0.25, 0.3) is 0 Å². The number of phenols is 1. The van der Waals surface area contributed by atoms with Crippen LogP contribution in [0.4, 0.5) is 0 Å². The summed E-state index contributed by atoms with van der Waals surface area (Å²) in [5, 5.41) is 44.0. The fourth-order valence-corrected chi connectivity index (χ4v) is 3.12. The molecule has 5 unspecified atom stereocenters. The van der Waals surface area contributed by atoms with Crippen LogP contribution in [0.3, 0.4) is 0 Å². The van der Waals surface area contributed by atoms with Crippen LogP contribution in [-0.2, 0) is 30.4 Å². The Bertz CT molecular complexity index is 923. The minimum absolute atomic E-state index is 0.00419. The minimum atomic E-state index is -1.58. The summed E-state index contributed by atoms with van der Waals surface area (Å²) < 4.78 is 0. The highest BCUT2D eigenvalue weighted by atomic mass is 16.4. The van der Waals surface area contributed by atoms with Crippen molar-refractivity contribution >= 4 is 29.7 Å². The number of nitrogens with two attached hydrogens (primary N) is 1. The minimum Gasteiger partial charge on any atom is -0.508 e. The first-order chi connectivity index (χ1) is 16.9. The number of rotatable bonds is 15. The number of hydrogen-bond acceptors (Lipinski definition) is 8. The number of aliphatic carboxylic acids is 2. The van der Waals surface area contributed by atoms with Gasteiger partial charge >= 0.3 is 11.9 Å². The van der Waals surface area contributed by atoms with Gasteiger partial charge in [-0.1, -0.05) is 32.4 Å². The third kappa shape index (κ3) is 9.88. The molecule has 0 radical (unpaired) electrons. The van der Waals surface area contributed by atoms with E-state index >= 15 is 0 Å². The van der Waals surface area contributed by atoms with Crippen LogP contribution in [0.2, 0.25) is 0 Å². The van der Waals surface area contributed by atoms with E-state index in [-0.39, 0.29) is 18.1 Å². The van der Waals surface area contributed by atoms with Crippen LogP contribution in [0, 0.1) is 5.92 Å². The van der Waals surface area contributed by atoms with E-state index in [4.69, 9.17) is 10.8 Å². The second-order valence-electron chi connectivity index (χ2n) is 8.42. The number of amides is 3. The largest absolute Gasteiger partial charge is 0.508 e. The number of carboxylic acids is 2. The number of hydrogen-bond donors (Lipinski definition) is 8. The van der Waals surface area contributed by atoms with Gasteiger partial charge in [0.15, 0.2) is 0 Å². The molecular formula is C23H34N4O9. The van der Waals surface area contributed by atoms with Crippen molar-refractivity contribution in [2.45, 2.75) is 63.7 Å². The fraction of sp³-hybridized carbons (Fsp3) is 0.522. The summed E-state index contributed by atoms with van der Waals surface area (Å²) in [5.74, 6) is -5.43. The molecular weight excluding hydrogens is 476 g/mol. The van der Waals surface area contributed by atoms with E-state index in [0.29, 0.717) is 12.0 Å². The molecule has 0 heterocycles. The van der Waals surface area contributed by atoms with Crippen molar-refractivity contribution in [1.29, 1.82) is 0 Å². The molecule has 0 bridgehead atoms. The summed E-state index contributed by atoms with van der Waals surface area (Å²) >= 11 is 0. The lowest BCUT2D eigenvalue weighted by Crippen LogP contribution is -2.59. The van der Waals surface area contributed by atoms with E-state index in [1.165, 1.54) is 24.3 Å². The maximum absolute atomic E-state index is 13.0. The number of benzene rings is 1. The van der Waals surface area contributed by atoms with Gasteiger partial charge < -0.3 is 42.1 Å². The smallest absolute Gasteiger partial charge is 0.326 e. The Morgan fingerprint density at radius 2 is 1.42 bits per heavy atom. The summed E-state index contributed by atoms with van der Waals surface area (Å²) in [6, 6.07) is 0.592. The van der Waals surface area contributed by atoms with Gasteiger partial charge in [-0.25, -0.2) is 4.79 Å². The van der Waals surface area contributed by atoms with E-state index in [1.807, 2.05) is 6.92 Å². The van der Waals surface area contributed by atoms with Crippen LogP contribution in [0.1, 0.15) is 38.7 Å². The van der Waals surface area contributed by atoms with E-state index < -0.39 is 73.3 Å². The SMILES string of the molecule is CCC(C)C(N)C(=O)NC(Cc1ccc(O)cc1)C(=O)NC(CO)C(=O)NC(CCC(=O)O)C(=O)O. The van der Waals surface area contributed by atoms with Gasteiger partial charge in [0.05, 0.1) is 12.6 Å². The molecule has 0 aliphatic carbocycles. The molecule has 0 spiro atoms. The zero-order valence-corrected chi connectivity index (χ0v) is 20.1. The Kier molecular flexibility index (Phi) is 12.3. The van der Waals surface area contributed by atoms with Crippen LogP contribution in [0.25, 0.3) is 0 Å². The summed E-state index contributed by atoms with van der Waals surface area (Å²) in [4.78, 5) is 60.2. The molecule has 0 aliphatic rings. The Morgan fingerprint density at radius 3 is 1.92 bits per heavy atom. The Balaban J connectivity index is 3.02. The second-order valence-corrected chi connectivity index (χ2v) is 8.42. The molecule has 13 heteroatoms. The lowest BCUT2D eigenvalue weighted by molar-refractivity contribution is -0.143. The van der Waals surface area contributed by atoms with E-state index in [2.05, 4.69) is 16.0 Å². The number of aromatic hydroxyl groups is 1. The number of phenolic OH excluding ortho intramolecular Hbond substituents is 1. The molecule has 0 fully saturated rings.